The zero-order valence-corrected chi connectivity index (χ0v) is 16.1. The van der Waals surface area contributed by atoms with Crippen molar-refractivity contribution in [2.45, 2.75) is 6.92 Å². The summed E-state index contributed by atoms with van der Waals surface area (Å²) < 4.78 is 10.3. The van der Waals surface area contributed by atoms with E-state index in [0.29, 0.717) is 27.3 Å². The second-order valence-electron chi connectivity index (χ2n) is 5.14. The van der Waals surface area contributed by atoms with E-state index >= 15 is 0 Å². The minimum atomic E-state index is -0.126. The monoisotopic (exact) mass is 391 g/mol. The lowest BCUT2D eigenvalue weighted by Crippen LogP contribution is -2.28. The molecule has 2 aromatic rings. The summed E-state index contributed by atoms with van der Waals surface area (Å²) in [5, 5.41) is 13.1. The first-order chi connectivity index (χ1) is 12.6. The van der Waals surface area contributed by atoms with Crippen LogP contribution in [-0.4, -0.2) is 46.8 Å². The molecule has 0 bridgehead atoms. The van der Waals surface area contributed by atoms with E-state index in [4.69, 9.17) is 9.47 Å². The maximum absolute atomic E-state index is 12.7. The van der Waals surface area contributed by atoms with Crippen LogP contribution in [-0.2, 0) is 4.79 Å². The van der Waals surface area contributed by atoms with Gasteiger partial charge < -0.3 is 14.6 Å². The average molecular weight is 391 g/mol. The smallest absolute Gasteiger partial charge is 0.266 e. The molecule has 1 aromatic heterocycles. The SMILES string of the molecule is CCN1C(=O)/C(=C/c2cc(OC)c(O)c(OC)c2)S/C1=N/c1nccs1. The Morgan fingerprint density at radius 2 is 2.00 bits per heavy atom. The molecule has 1 saturated heterocycles. The number of aromatic hydroxyl groups is 1. The van der Waals surface area contributed by atoms with Crippen LogP contribution in [0.2, 0.25) is 0 Å². The summed E-state index contributed by atoms with van der Waals surface area (Å²) >= 11 is 2.70. The van der Waals surface area contributed by atoms with Crippen LogP contribution in [0.5, 0.6) is 17.2 Å². The Balaban J connectivity index is 1.98. The van der Waals surface area contributed by atoms with Crippen molar-refractivity contribution in [2.24, 2.45) is 4.99 Å². The summed E-state index contributed by atoms with van der Waals surface area (Å²) in [6, 6.07) is 3.29. The third-order valence-corrected chi connectivity index (χ3v) is 5.29. The fourth-order valence-corrected chi connectivity index (χ4v) is 3.98. The molecule has 0 aliphatic carbocycles. The van der Waals surface area contributed by atoms with E-state index in [1.54, 1.807) is 29.3 Å². The number of rotatable bonds is 5. The van der Waals surface area contributed by atoms with Crippen LogP contribution in [0.3, 0.4) is 0 Å². The predicted molar refractivity (Wildman–Crippen MR) is 103 cm³/mol. The Morgan fingerprint density at radius 1 is 1.31 bits per heavy atom. The first-order valence-electron chi connectivity index (χ1n) is 7.72. The van der Waals surface area contributed by atoms with E-state index in [2.05, 4.69) is 9.98 Å². The number of ether oxygens (including phenoxy) is 2. The number of likely N-dealkylation sites (N-methyl/N-ethyl adjacent to an activating group) is 1. The summed E-state index contributed by atoms with van der Waals surface area (Å²) in [4.78, 5) is 23.4. The van der Waals surface area contributed by atoms with E-state index in [1.165, 1.54) is 37.3 Å². The molecule has 1 N–H and O–H groups in total. The van der Waals surface area contributed by atoms with E-state index in [9.17, 15) is 9.90 Å². The van der Waals surface area contributed by atoms with Gasteiger partial charge in [0.1, 0.15) is 0 Å². The number of thiazole rings is 1. The molecule has 0 saturated carbocycles. The van der Waals surface area contributed by atoms with Crippen LogP contribution in [0, 0.1) is 0 Å². The second-order valence-corrected chi connectivity index (χ2v) is 7.03. The molecule has 2 heterocycles. The highest BCUT2D eigenvalue weighted by atomic mass is 32.2. The molecule has 1 aliphatic heterocycles. The first kappa shape index (κ1) is 18.3. The lowest BCUT2D eigenvalue weighted by Gasteiger charge is -2.11. The van der Waals surface area contributed by atoms with Crippen molar-refractivity contribution in [3.05, 3.63) is 34.2 Å². The molecule has 136 valence electrons. The van der Waals surface area contributed by atoms with Gasteiger partial charge in [0.15, 0.2) is 16.7 Å². The molecule has 1 aromatic carbocycles. The van der Waals surface area contributed by atoms with Crippen molar-refractivity contribution in [1.29, 1.82) is 0 Å². The van der Waals surface area contributed by atoms with Gasteiger partial charge in [0.05, 0.1) is 19.1 Å². The van der Waals surface area contributed by atoms with Gasteiger partial charge in [-0.2, -0.15) is 4.99 Å². The summed E-state index contributed by atoms with van der Waals surface area (Å²) in [5.74, 6) is 0.342. The summed E-state index contributed by atoms with van der Waals surface area (Å²) in [5.41, 5.74) is 0.680. The van der Waals surface area contributed by atoms with Gasteiger partial charge >= 0.3 is 0 Å². The minimum Gasteiger partial charge on any atom is -0.502 e. The van der Waals surface area contributed by atoms with Crippen LogP contribution in [0.1, 0.15) is 12.5 Å². The maximum atomic E-state index is 12.7. The molecule has 1 fully saturated rings. The lowest BCUT2D eigenvalue weighted by atomic mass is 10.1. The van der Waals surface area contributed by atoms with Crippen LogP contribution in [0.15, 0.2) is 33.6 Å². The number of benzene rings is 1. The number of amides is 1. The number of hydrogen-bond acceptors (Lipinski definition) is 8. The molecular weight excluding hydrogens is 374 g/mol. The van der Waals surface area contributed by atoms with Gasteiger partial charge in [-0.25, -0.2) is 4.98 Å². The number of thioether (sulfide) groups is 1. The number of amidine groups is 1. The molecular formula is C17H17N3O4S2. The normalized spacial score (nSPS) is 17.3. The Bertz CT molecular complexity index is 853. The van der Waals surface area contributed by atoms with Gasteiger partial charge in [0.25, 0.3) is 5.91 Å². The highest BCUT2D eigenvalue weighted by Crippen LogP contribution is 2.39. The number of aliphatic imine (C=N–C) groups is 1. The lowest BCUT2D eigenvalue weighted by molar-refractivity contribution is -0.122. The number of methoxy groups -OCH3 is 2. The largest absolute Gasteiger partial charge is 0.502 e. The second kappa shape index (κ2) is 7.79. The number of carbonyl (C=O) groups is 1. The molecule has 1 amide bonds. The van der Waals surface area contributed by atoms with E-state index in [1.807, 2.05) is 12.3 Å². The molecule has 26 heavy (non-hydrogen) atoms. The standard InChI is InChI=1S/C17H17N3O4S2/c1-4-20-15(22)13(26-17(20)19-16-18-5-6-25-16)9-10-7-11(23-2)14(21)12(8-10)24-3/h5-9,21H,4H2,1-3H3/b13-9-,19-17+. The van der Waals surface area contributed by atoms with E-state index in [-0.39, 0.29) is 23.2 Å². The molecule has 0 spiro atoms. The number of carbonyl (C=O) groups excluding carboxylic acids is 1. The predicted octanol–water partition coefficient (Wildman–Crippen LogP) is 3.49. The number of hydrogen-bond donors (Lipinski definition) is 1. The van der Waals surface area contributed by atoms with Crippen molar-refractivity contribution in [3.63, 3.8) is 0 Å². The Hall–Kier alpha value is -2.52. The number of phenols is 1. The number of nitrogens with zero attached hydrogens (tertiary/aromatic N) is 3. The number of aromatic nitrogens is 1. The molecule has 0 radical (unpaired) electrons. The quantitative estimate of drug-likeness (QED) is 0.786. The summed E-state index contributed by atoms with van der Waals surface area (Å²) in [6.07, 6.45) is 3.40. The summed E-state index contributed by atoms with van der Waals surface area (Å²) in [7, 11) is 2.91. The Labute approximate surface area is 159 Å². The van der Waals surface area contributed by atoms with Crippen molar-refractivity contribution in [2.75, 3.05) is 20.8 Å². The van der Waals surface area contributed by atoms with Crippen LogP contribution in [0.4, 0.5) is 5.13 Å². The maximum Gasteiger partial charge on any atom is 0.266 e. The topological polar surface area (TPSA) is 84.2 Å². The fraction of sp³-hybridized carbons (Fsp3) is 0.235. The molecule has 7 nitrogen and oxygen atoms in total. The highest BCUT2D eigenvalue weighted by Gasteiger charge is 2.32. The van der Waals surface area contributed by atoms with Crippen molar-refractivity contribution < 1.29 is 19.4 Å². The zero-order valence-electron chi connectivity index (χ0n) is 14.4. The van der Waals surface area contributed by atoms with Crippen LogP contribution >= 0.6 is 23.1 Å². The zero-order chi connectivity index (χ0) is 18.7. The summed E-state index contributed by atoms with van der Waals surface area (Å²) in [6.45, 7) is 2.40. The molecule has 1 aliphatic rings. The molecule has 0 atom stereocenters. The Kier molecular flexibility index (Phi) is 5.48. The van der Waals surface area contributed by atoms with Crippen LogP contribution < -0.4 is 9.47 Å². The Morgan fingerprint density at radius 3 is 2.54 bits per heavy atom. The molecule has 0 unspecified atom stereocenters. The van der Waals surface area contributed by atoms with Gasteiger partial charge in [-0.1, -0.05) is 0 Å². The van der Waals surface area contributed by atoms with Gasteiger partial charge in [-0.15, -0.1) is 11.3 Å². The van der Waals surface area contributed by atoms with Gasteiger partial charge in [0.2, 0.25) is 10.9 Å². The third-order valence-electron chi connectivity index (χ3n) is 3.61. The average Bonchev–Trinajstić information content (AvgIpc) is 3.25. The van der Waals surface area contributed by atoms with Crippen LogP contribution in [0.25, 0.3) is 6.08 Å². The van der Waals surface area contributed by atoms with Gasteiger partial charge in [-0.05, 0) is 42.5 Å². The minimum absolute atomic E-state index is 0.0799. The van der Waals surface area contributed by atoms with Crippen molar-refractivity contribution in [1.82, 2.24) is 9.88 Å². The molecule has 3 rings (SSSR count). The van der Waals surface area contributed by atoms with E-state index < -0.39 is 0 Å². The molecule has 9 heteroatoms. The third kappa shape index (κ3) is 3.54. The number of phenolic OH excluding ortho intramolecular Hbond substituents is 1. The van der Waals surface area contributed by atoms with Gasteiger partial charge in [-0.3, -0.25) is 9.69 Å². The fourth-order valence-electron chi connectivity index (χ4n) is 2.37. The van der Waals surface area contributed by atoms with E-state index in [0.717, 1.165) is 0 Å². The van der Waals surface area contributed by atoms with Gasteiger partial charge in [0, 0.05) is 18.1 Å². The van der Waals surface area contributed by atoms with Crippen molar-refractivity contribution in [3.8, 4) is 17.2 Å². The highest BCUT2D eigenvalue weighted by molar-refractivity contribution is 8.18. The first-order valence-corrected chi connectivity index (χ1v) is 9.41. The van der Waals surface area contributed by atoms with Crippen molar-refractivity contribution >= 4 is 45.4 Å².